The third-order valence-electron chi connectivity index (χ3n) is 6.21. The van der Waals surface area contributed by atoms with Crippen LogP contribution in [0, 0.1) is 11.8 Å². The first kappa shape index (κ1) is 25.9. The Balaban J connectivity index is 0.00000162. The van der Waals surface area contributed by atoms with E-state index in [1.54, 1.807) is 14.2 Å². The van der Waals surface area contributed by atoms with E-state index in [-0.39, 0.29) is 24.8 Å². The lowest BCUT2D eigenvalue weighted by molar-refractivity contribution is 0.406. The molecule has 0 radical (unpaired) electrons. The SMILES string of the molecule is COc1cc(-c2ccc(NCC3CC3)nc2)c(OC)cc1-c1ccc(NCC2CC2)nc1.Cl.Cl. The molecule has 0 amide bonds. The van der Waals surface area contributed by atoms with E-state index in [4.69, 9.17) is 9.47 Å². The van der Waals surface area contributed by atoms with Gasteiger partial charge in [-0.3, -0.25) is 0 Å². The minimum Gasteiger partial charge on any atom is -0.496 e. The molecule has 0 aliphatic heterocycles. The highest BCUT2D eigenvalue weighted by molar-refractivity contribution is 5.85. The predicted molar refractivity (Wildman–Crippen MR) is 143 cm³/mol. The third kappa shape index (κ3) is 6.24. The molecule has 0 bridgehead atoms. The minimum absolute atomic E-state index is 0. The molecule has 1 aromatic carbocycles. The van der Waals surface area contributed by atoms with E-state index in [9.17, 15) is 0 Å². The lowest BCUT2D eigenvalue weighted by Crippen LogP contribution is -2.04. The second-order valence-electron chi connectivity index (χ2n) is 8.77. The molecule has 0 unspecified atom stereocenters. The second kappa shape index (κ2) is 11.6. The summed E-state index contributed by atoms with van der Waals surface area (Å²) in [6, 6.07) is 12.2. The summed E-state index contributed by atoms with van der Waals surface area (Å²) in [5.41, 5.74) is 3.87. The molecule has 8 heteroatoms. The van der Waals surface area contributed by atoms with Gasteiger partial charge < -0.3 is 20.1 Å². The van der Waals surface area contributed by atoms with Crippen molar-refractivity contribution < 1.29 is 9.47 Å². The quantitative estimate of drug-likeness (QED) is 0.338. The van der Waals surface area contributed by atoms with Crippen molar-refractivity contribution in [3.63, 3.8) is 0 Å². The first-order valence-corrected chi connectivity index (χ1v) is 11.4. The summed E-state index contributed by atoms with van der Waals surface area (Å²) < 4.78 is 11.5. The fraction of sp³-hybridized carbons (Fsp3) is 0.385. The van der Waals surface area contributed by atoms with Crippen LogP contribution in [0.3, 0.4) is 0 Å². The van der Waals surface area contributed by atoms with Crippen molar-refractivity contribution in [1.29, 1.82) is 0 Å². The first-order valence-electron chi connectivity index (χ1n) is 11.4. The van der Waals surface area contributed by atoms with E-state index in [0.29, 0.717) is 0 Å². The summed E-state index contributed by atoms with van der Waals surface area (Å²) in [5, 5.41) is 6.82. The standard InChI is InChI=1S/C26H30N4O2.2ClH/c1-31-23-11-22(20-8-10-26(30-16-20)28-14-18-5-6-18)24(32-2)12-21(23)19-7-9-25(29-15-19)27-13-17-3-4-17;;/h7-12,15-18H,3-6,13-14H2,1-2H3,(H,27,29)(H,28,30);2*1H. The van der Waals surface area contributed by atoms with Crippen molar-refractivity contribution in [2.24, 2.45) is 11.8 Å². The maximum atomic E-state index is 5.74. The smallest absolute Gasteiger partial charge is 0.127 e. The van der Waals surface area contributed by atoms with Crippen molar-refractivity contribution in [2.75, 3.05) is 37.9 Å². The monoisotopic (exact) mass is 502 g/mol. The number of halogens is 2. The molecular formula is C26H32Cl2N4O2. The molecule has 5 rings (SSSR count). The van der Waals surface area contributed by atoms with E-state index >= 15 is 0 Å². The molecule has 2 aromatic heterocycles. The predicted octanol–water partition coefficient (Wildman–Crippen LogP) is 6.32. The van der Waals surface area contributed by atoms with E-state index in [1.165, 1.54) is 25.7 Å². The van der Waals surface area contributed by atoms with Crippen LogP contribution in [0.25, 0.3) is 22.3 Å². The number of hydrogen-bond donors (Lipinski definition) is 2. The Morgan fingerprint density at radius 1 is 0.706 bits per heavy atom. The number of nitrogens with one attached hydrogen (secondary N) is 2. The van der Waals surface area contributed by atoms with Gasteiger partial charge in [0.15, 0.2) is 0 Å². The highest BCUT2D eigenvalue weighted by Crippen LogP contribution is 2.41. The average Bonchev–Trinajstić information content (AvgIpc) is 3.76. The Kier molecular flexibility index (Phi) is 8.86. The van der Waals surface area contributed by atoms with Crippen LogP contribution in [0.5, 0.6) is 11.5 Å². The zero-order chi connectivity index (χ0) is 21.9. The van der Waals surface area contributed by atoms with Gasteiger partial charge >= 0.3 is 0 Å². The van der Waals surface area contributed by atoms with Gasteiger partial charge in [0.1, 0.15) is 23.1 Å². The van der Waals surface area contributed by atoms with Crippen molar-refractivity contribution >= 4 is 36.4 Å². The van der Waals surface area contributed by atoms with Gasteiger partial charge in [0, 0.05) is 47.7 Å². The number of ether oxygens (including phenoxy) is 2. The molecule has 0 atom stereocenters. The third-order valence-corrected chi connectivity index (χ3v) is 6.21. The van der Waals surface area contributed by atoms with Gasteiger partial charge in [-0.15, -0.1) is 24.8 Å². The number of methoxy groups -OCH3 is 2. The Morgan fingerprint density at radius 3 is 1.41 bits per heavy atom. The summed E-state index contributed by atoms with van der Waals surface area (Å²) in [5.74, 6) is 4.99. The second-order valence-corrected chi connectivity index (χ2v) is 8.77. The van der Waals surface area contributed by atoms with Crippen LogP contribution in [0.4, 0.5) is 11.6 Å². The number of benzene rings is 1. The molecule has 2 N–H and O–H groups in total. The molecule has 6 nitrogen and oxygen atoms in total. The van der Waals surface area contributed by atoms with Gasteiger partial charge in [-0.25, -0.2) is 9.97 Å². The molecule has 2 aliphatic carbocycles. The number of hydrogen-bond acceptors (Lipinski definition) is 6. The fourth-order valence-corrected chi connectivity index (χ4v) is 3.81. The number of nitrogens with zero attached hydrogens (tertiary/aromatic N) is 2. The Morgan fingerprint density at radius 2 is 1.12 bits per heavy atom. The lowest BCUT2D eigenvalue weighted by Gasteiger charge is -2.16. The van der Waals surface area contributed by atoms with Gasteiger partial charge in [0.25, 0.3) is 0 Å². The summed E-state index contributed by atoms with van der Waals surface area (Å²) in [6.45, 7) is 2.00. The van der Waals surface area contributed by atoms with Crippen LogP contribution in [0.15, 0.2) is 48.8 Å². The summed E-state index contributed by atoms with van der Waals surface area (Å²) in [7, 11) is 3.38. The summed E-state index contributed by atoms with van der Waals surface area (Å²) in [4.78, 5) is 9.17. The van der Waals surface area contributed by atoms with Crippen LogP contribution < -0.4 is 20.1 Å². The highest BCUT2D eigenvalue weighted by Gasteiger charge is 2.21. The molecule has 2 heterocycles. The van der Waals surface area contributed by atoms with Crippen molar-refractivity contribution in [3.8, 4) is 33.8 Å². The summed E-state index contributed by atoms with van der Waals surface area (Å²) >= 11 is 0. The highest BCUT2D eigenvalue weighted by atomic mass is 35.5. The molecule has 3 aromatic rings. The Bertz CT molecular complexity index is 982. The topological polar surface area (TPSA) is 68.3 Å². The number of aromatic nitrogens is 2. The van der Waals surface area contributed by atoms with Crippen molar-refractivity contribution in [2.45, 2.75) is 25.7 Å². The number of pyridine rings is 2. The van der Waals surface area contributed by atoms with Gasteiger partial charge in [0.2, 0.25) is 0 Å². The van der Waals surface area contributed by atoms with E-state index in [1.807, 2.05) is 36.7 Å². The van der Waals surface area contributed by atoms with Gasteiger partial charge in [-0.05, 0) is 73.9 Å². The van der Waals surface area contributed by atoms with Crippen molar-refractivity contribution in [1.82, 2.24) is 9.97 Å². The van der Waals surface area contributed by atoms with Gasteiger partial charge in [-0.1, -0.05) is 0 Å². The van der Waals surface area contributed by atoms with Crippen LogP contribution in [-0.4, -0.2) is 37.3 Å². The summed E-state index contributed by atoms with van der Waals surface area (Å²) in [6.07, 6.45) is 9.06. The zero-order valence-corrected chi connectivity index (χ0v) is 21.2. The molecule has 2 aliphatic rings. The lowest BCUT2D eigenvalue weighted by atomic mass is 9.99. The van der Waals surface area contributed by atoms with Crippen LogP contribution >= 0.6 is 24.8 Å². The molecular weight excluding hydrogens is 471 g/mol. The Hall–Kier alpha value is -2.70. The van der Waals surface area contributed by atoms with Crippen LogP contribution in [0.2, 0.25) is 0 Å². The van der Waals surface area contributed by atoms with E-state index < -0.39 is 0 Å². The van der Waals surface area contributed by atoms with Crippen LogP contribution in [0.1, 0.15) is 25.7 Å². The van der Waals surface area contributed by atoms with Crippen molar-refractivity contribution in [3.05, 3.63) is 48.8 Å². The molecule has 182 valence electrons. The average molecular weight is 503 g/mol. The maximum Gasteiger partial charge on any atom is 0.127 e. The largest absolute Gasteiger partial charge is 0.496 e. The molecule has 2 saturated carbocycles. The zero-order valence-electron chi connectivity index (χ0n) is 19.5. The molecule has 0 spiro atoms. The van der Waals surface area contributed by atoms with Crippen LogP contribution in [-0.2, 0) is 0 Å². The molecule has 34 heavy (non-hydrogen) atoms. The molecule has 2 fully saturated rings. The van der Waals surface area contributed by atoms with Gasteiger partial charge in [-0.2, -0.15) is 0 Å². The fourth-order valence-electron chi connectivity index (χ4n) is 3.81. The maximum absolute atomic E-state index is 5.74. The molecule has 0 saturated heterocycles. The van der Waals surface area contributed by atoms with E-state index in [2.05, 4.69) is 32.7 Å². The Labute approximate surface area is 213 Å². The normalized spacial score (nSPS) is 14.4. The van der Waals surface area contributed by atoms with E-state index in [0.717, 1.165) is 70.3 Å². The van der Waals surface area contributed by atoms with Gasteiger partial charge in [0.05, 0.1) is 14.2 Å². The number of anilines is 2. The first-order chi connectivity index (χ1) is 15.7. The minimum atomic E-state index is 0. The number of rotatable bonds is 10.